The summed E-state index contributed by atoms with van der Waals surface area (Å²) in [6.45, 7) is 2.46. The van der Waals surface area contributed by atoms with Gasteiger partial charge >= 0.3 is 0 Å². The van der Waals surface area contributed by atoms with Gasteiger partial charge in [0.05, 0.1) is 6.33 Å². The number of carbonyl (C=O) groups is 1. The molecule has 0 N–H and O–H groups in total. The number of carbonyl (C=O) groups excluding carboxylic acids is 1. The van der Waals surface area contributed by atoms with Gasteiger partial charge in [-0.05, 0) is 11.7 Å². The second-order valence-corrected chi connectivity index (χ2v) is 4.26. The molecule has 0 radical (unpaired) electrons. The van der Waals surface area contributed by atoms with Crippen LogP contribution >= 0.6 is 12.6 Å². The van der Waals surface area contributed by atoms with Gasteiger partial charge in [0.25, 0.3) is 0 Å². The molecule has 1 fully saturated rings. The minimum absolute atomic E-state index is 0.258. The summed E-state index contributed by atoms with van der Waals surface area (Å²) in [4.78, 5) is 17.5. The molecule has 2 heterocycles. The number of hydrogen-bond donors (Lipinski definition) is 1. The molecule has 0 spiro atoms. The number of thiol groups is 1. The van der Waals surface area contributed by atoms with Gasteiger partial charge in [-0.25, -0.2) is 4.98 Å². The summed E-state index contributed by atoms with van der Waals surface area (Å²) < 4.78 is 1.99. The fraction of sp³-hybridized carbons (Fsp3) is 0.600. The highest BCUT2D eigenvalue weighted by molar-refractivity contribution is 7.80. The first-order valence-corrected chi connectivity index (χ1v) is 5.77. The fourth-order valence-corrected chi connectivity index (χ4v) is 2.09. The number of likely N-dealkylation sites (tertiary alicyclic amines) is 1. The monoisotopic (exact) mass is 225 g/mol. The number of imidazole rings is 1. The Kier molecular flexibility index (Phi) is 3.30. The lowest BCUT2D eigenvalue weighted by Gasteiger charge is -2.16. The summed E-state index contributed by atoms with van der Waals surface area (Å²) in [6.07, 6.45) is 6.10. The van der Waals surface area contributed by atoms with Gasteiger partial charge in [-0.2, -0.15) is 12.6 Å². The van der Waals surface area contributed by atoms with Crippen LogP contribution in [0.3, 0.4) is 0 Å². The Morgan fingerprint density at radius 1 is 1.53 bits per heavy atom. The van der Waals surface area contributed by atoms with Gasteiger partial charge in [0.15, 0.2) is 0 Å². The molecule has 1 aromatic rings. The molecule has 0 aliphatic carbocycles. The Morgan fingerprint density at radius 3 is 3.00 bits per heavy atom. The van der Waals surface area contributed by atoms with Crippen LogP contribution in [-0.2, 0) is 11.3 Å². The van der Waals surface area contributed by atoms with Gasteiger partial charge in [0.2, 0.25) is 5.91 Å². The van der Waals surface area contributed by atoms with Crippen LogP contribution < -0.4 is 0 Å². The van der Waals surface area contributed by atoms with Crippen molar-refractivity contribution in [2.75, 3.05) is 18.8 Å². The molecule has 2 rings (SSSR count). The van der Waals surface area contributed by atoms with Crippen molar-refractivity contribution < 1.29 is 4.79 Å². The maximum atomic E-state index is 11.6. The Balaban J connectivity index is 1.83. The molecule has 1 unspecified atom stereocenters. The third kappa shape index (κ3) is 2.53. The van der Waals surface area contributed by atoms with Crippen LogP contribution in [0.15, 0.2) is 18.7 Å². The molecule has 1 amide bonds. The summed E-state index contributed by atoms with van der Waals surface area (Å²) >= 11 is 4.23. The minimum Gasteiger partial charge on any atom is -0.341 e. The van der Waals surface area contributed by atoms with Crippen molar-refractivity contribution in [2.45, 2.75) is 13.0 Å². The van der Waals surface area contributed by atoms with Gasteiger partial charge in [-0.3, -0.25) is 4.79 Å². The van der Waals surface area contributed by atoms with Gasteiger partial charge in [-0.1, -0.05) is 0 Å². The molecule has 1 atom stereocenters. The van der Waals surface area contributed by atoms with Gasteiger partial charge < -0.3 is 9.47 Å². The van der Waals surface area contributed by atoms with E-state index in [1.54, 1.807) is 12.5 Å². The highest BCUT2D eigenvalue weighted by atomic mass is 32.1. The second-order valence-electron chi connectivity index (χ2n) is 3.89. The summed E-state index contributed by atoms with van der Waals surface area (Å²) in [5, 5.41) is 0. The maximum absolute atomic E-state index is 11.6. The van der Waals surface area contributed by atoms with Crippen LogP contribution in [0.2, 0.25) is 0 Å². The topological polar surface area (TPSA) is 38.1 Å². The van der Waals surface area contributed by atoms with Gasteiger partial charge in [0, 0.05) is 38.4 Å². The van der Waals surface area contributed by atoms with E-state index in [0.717, 1.165) is 25.4 Å². The molecule has 1 saturated heterocycles. The van der Waals surface area contributed by atoms with Gasteiger partial charge in [-0.15, -0.1) is 0 Å². The largest absolute Gasteiger partial charge is 0.341 e. The Bertz CT molecular complexity index is 325. The lowest BCUT2D eigenvalue weighted by Crippen LogP contribution is -2.28. The summed E-state index contributed by atoms with van der Waals surface area (Å²) in [7, 11) is 0. The van der Waals surface area contributed by atoms with Crippen molar-refractivity contribution in [3.63, 3.8) is 0 Å². The van der Waals surface area contributed by atoms with Crippen molar-refractivity contribution in [2.24, 2.45) is 5.92 Å². The van der Waals surface area contributed by atoms with Crippen LogP contribution in [0.1, 0.15) is 6.42 Å². The first kappa shape index (κ1) is 10.5. The molecule has 1 aliphatic rings. The zero-order chi connectivity index (χ0) is 10.7. The molecule has 0 aromatic carbocycles. The quantitative estimate of drug-likeness (QED) is 0.765. The average molecular weight is 225 g/mol. The van der Waals surface area contributed by atoms with Crippen LogP contribution in [0, 0.1) is 5.92 Å². The Hall–Kier alpha value is -0.970. The van der Waals surface area contributed by atoms with E-state index in [1.165, 1.54) is 0 Å². The van der Waals surface area contributed by atoms with E-state index < -0.39 is 0 Å². The minimum atomic E-state index is 0.258. The van der Waals surface area contributed by atoms with Crippen molar-refractivity contribution >= 4 is 18.5 Å². The second kappa shape index (κ2) is 4.70. The van der Waals surface area contributed by atoms with E-state index in [0.29, 0.717) is 12.3 Å². The van der Waals surface area contributed by atoms with E-state index in [9.17, 15) is 4.79 Å². The maximum Gasteiger partial charge on any atom is 0.223 e. The molecule has 0 saturated carbocycles. The highest BCUT2D eigenvalue weighted by Gasteiger charge is 2.27. The van der Waals surface area contributed by atoms with Crippen LogP contribution in [0.4, 0.5) is 0 Å². The Labute approximate surface area is 94.7 Å². The normalized spacial score (nSPS) is 21.3. The van der Waals surface area contributed by atoms with Crippen LogP contribution in [0.5, 0.6) is 0 Å². The third-order valence-corrected chi connectivity index (χ3v) is 3.26. The lowest BCUT2D eigenvalue weighted by atomic mass is 10.1. The van der Waals surface area contributed by atoms with Crippen molar-refractivity contribution in [1.29, 1.82) is 0 Å². The summed E-state index contributed by atoms with van der Waals surface area (Å²) in [5.74, 6) is 1.49. The SMILES string of the molecule is O=C1CC(CS)CN1CCn1ccnc1. The number of amides is 1. The van der Waals surface area contributed by atoms with Crippen molar-refractivity contribution in [3.05, 3.63) is 18.7 Å². The summed E-state index contributed by atoms with van der Waals surface area (Å²) in [6, 6.07) is 0. The third-order valence-electron chi connectivity index (χ3n) is 2.74. The molecule has 1 aromatic heterocycles. The molecule has 4 nitrogen and oxygen atoms in total. The molecule has 0 bridgehead atoms. The van der Waals surface area contributed by atoms with E-state index in [4.69, 9.17) is 0 Å². The number of hydrogen-bond acceptors (Lipinski definition) is 3. The standard InChI is InChI=1S/C10H15N3OS/c14-10-5-9(7-15)6-13(10)4-3-12-2-1-11-8-12/h1-2,8-9,15H,3-7H2. The zero-order valence-corrected chi connectivity index (χ0v) is 9.44. The zero-order valence-electron chi connectivity index (χ0n) is 8.54. The highest BCUT2D eigenvalue weighted by Crippen LogP contribution is 2.18. The molecule has 15 heavy (non-hydrogen) atoms. The van der Waals surface area contributed by atoms with Crippen molar-refractivity contribution in [1.82, 2.24) is 14.5 Å². The van der Waals surface area contributed by atoms with Crippen LogP contribution in [-0.4, -0.2) is 39.2 Å². The van der Waals surface area contributed by atoms with E-state index >= 15 is 0 Å². The summed E-state index contributed by atoms with van der Waals surface area (Å²) in [5.41, 5.74) is 0. The van der Waals surface area contributed by atoms with Crippen LogP contribution in [0.25, 0.3) is 0 Å². The first-order chi connectivity index (χ1) is 7.29. The van der Waals surface area contributed by atoms with Gasteiger partial charge in [0.1, 0.15) is 0 Å². The Morgan fingerprint density at radius 2 is 2.40 bits per heavy atom. The molecule has 5 heteroatoms. The smallest absolute Gasteiger partial charge is 0.223 e. The van der Waals surface area contributed by atoms with Crippen molar-refractivity contribution in [3.8, 4) is 0 Å². The fourth-order valence-electron chi connectivity index (χ4n) is 1.85. The number of aromatic nitrogens is 2. The molecule has 1 aliphatic heterocycles. The lowest BCUT2D eigenvalue weighted by molar-refractivity contribution is -0.127. The van der Waals surface area contributed by atoms with E-state index in [-0.39, 0.29) is 5.91 Å². The molecular formula is C10H15N3OS. The number of rotatable bonds is 4. The van der Waals surface area contributed by atoms with E-state index in [1.807, 2.05) is 15.7 Å². The first-order valence-electron chi connectivity index (χ1n) is 5.14. The van der Waals surface area contributed by atoms with E-state index in [2.05, 4.69) is 17.6 Å². The molecular weight excluding hydrogens is 210 g/mol. The molecule has 82 valence electrons. The predicted molar refractivity (Wildman–Crippen MR) is 60.8 cm³/mol. The average Bonchev–Trinajstić information content (AvgIpc) is 2.84. The predicted octanol–water partition coefficient (Wildman–Crippen LogP) is 0.661. The number of nitrogens with zero attached hydrogens (tertiary/aromatic N) is 3.